The van der Waals surface area contributed by atoms with Gasteiger partial charge in [-0.05, 0) is 143 Å². The van der Waals surface area contributed by atoms with Crippen LogP contribution in [0.25, 0.3) is 0 Å². The van der Waals surface area contributed by atoms with E-state index in [1.54, 1.807) is 0 Å². The normalized spacial score (nSPS) is 43.3. The highest BCUT2D eigenvalue weighted by Crippen LogP contribution is 2.69. The van der Waals surface area contributed by atoms with Crippen LogP contribution in [-0.2, 0) is 8.85 Å². The second kappa shape index (κ2) is 11.0. The Balaban J connectivity index is 1.57. The third-order valence-corrected chi connectivity index (χ3v) is 13.9. The standard InChI is InChI=1S/C33H64O2Si2/c1-23(2)13-12-14-24(3)27-15-16-28-31-29(18-20-33(27,28)5)32(4)19-17-26(34-36(6,7)8)21-25(32)22-30(31)35-37(9,10)11/h23-31H,12-22H2,1-11H3/t24?,25?,26-,27?,28?,29?,30-,31?,32+,33-/m1/s1. The van der Waals surface area contributed by atoms with Crippen LogP contribution < -0.4 is 0 Å². The quantitative estimate of drug-likeness (QED) is 0.267. The summed E-state index contributed by atoms with van der Waals surface area (Å²) in [5.41, 5.74) is 1.02. The lowest BCUT2D eigenvalue weighted by molar-refractivity contribution is -0.168. The minimum absolute atomic E-state index is 0.486. The third kappa shape index (κ3) is 6.48. The van der Waals surface area contributed by atoms with Gasteiger partial charge in [0.05, 0.1) is 0 Å². The van der Waals surface area contributed by atoms with Crippen LogP contribution in [0.2, 0.25) is 39.3 Å². The van der Waals surface area contributed by atoms with Crippen molar-refractivity contribution in [2.45, 2.75) is 157 Å². The number of hydrogen-bond donors (Lipinski definition) is 0. The fraction of sp³-hybridized carbons (Fsp3) is 1.00. The molecule has 10 atom stereocenters. The van der Waals surface area contributed by atoms with Crippen molar-refractivity contribution in [2.75, 3.05) is 0 Å². The Morgan fingerprint density at radius 3 is 1.97 bits per heavy atom. The van der Waals surface area contributed by atoms with Crippen molar-refractivity contribution in [3.05, 3.63) is 0 Å². The first kappa shape index (κ1) is 30.3. The second-order valence-electron chi connectivity index (χ2n) is 17.2. The van der Waals surface area contributed by atoms with Crippen molar-refractivity contribution >= 4 is 16.6 Å². The van der Waals surface area contributed by atoms with Gasteiger partial charge in [0.15, 0.2) is 16.6 Å². The van der Waals surface area contributed by atoms with Crippen LogP contribution >= 0.6 is 0 Å². The average Bonchev–Trinajstić information content (AvgIpc) is 3.09. The summed E-state index contributed by atoms with van der Waals surface area (Å²) in [6.45, 7) is 27.3. The molecule has 6 unspecified atom stereocenters. The lowest BCUT2D eigenvalue weighted by atomic mass is 9.43. The molecule has 4 aliphatic carbocycles. The summed E-state index contributed by atoms with van der Waals surface area (Å²) >= 11 is 0. The van der Waals surface area contributed by atoms with Crippen LogP contribution in [0.1, 0.15) is 105 Å². The van der Waals surface area contributed by atoms with Gasteiger partial charge in [0.25, 0.3) is 0 Å². The van der Waals surface area contributed by atoms with Crippen molar-refractivity contribution in [1.82, 2.24) is 0 Å². The lowest BCUT2D eigenvalue weighted by Crippen LogP contribution is -2.60. The van der Waals surface area contributed by atoms with E-state index in [2.05, 4.69) is 73.9 Å². The van der Waals surface area contributed by atoms with Crippen LogP contribution in [0.5, 0.6) is 0 Å². The third-order valence-electron chi connectivity index (χ3n) is 11.8. The maximum Gasteiger partial charge on any atom is 0.184 e. The zero-order valence-electron chi connectivity index (χ0n) is 26.8. The van der Waals surface area contributed by atoms with Crippen LogP contribution in [0, 0.1) is 52.3 Å². The summed E-state index contributed by atoms with van der Waals surface area (Å²) in [5.74, 6) is 5.94. The summed E-state index contributed by atoms with van der Waals surface area (Å²) in [5, 5.41) is 0. The van der Waals surface area contributed by atoms with E-state index in [0.29, 0.717) is 23.0 Å². The van der Waals surface area contributed by atoms with Crippen molar-refractivity contribution in [3.8, 4) is 0 Å². The summed E-state index contributed by atoms with van der Waals surface area (Å²) < 4.78 is 13.9. The minimum atomic E-state index is -1.62. The SMILES string of the molecule is CC(C)CCCC(C)C1CCC2C3C(CC[C@]12C)[C@@]1(C)CC[C@@H](O[Si](C)(C)C)CC1C[C@H]3O[Si](C)(C)C. The highest BCUT2D eigenvalue weighted by Gasteiger charge is 2.63. The molecule has 0 N–H and O–H groups in total. The highest BCUT2D eigenvalue weighted by atomic mass is 28.4. The molecule has 0 aromatic rings. The zero-order valence-corrected chi connectivity index (χ0v) is 28.8. The molecule has 216 valence electrons. The van der Waals surface area contributed by atoms with Crippen LogP contribution in [-0.4, -0.2) is 28.8 Å². The fourth-order valence-corrected chi connectivity index (χ4v) is 12.7. The van der Waals surface area contributed by atoms with E-state index >= 15 is 0 Å². The largest absolute Gasteiger partial charge is 0.415 e. The Hall–Kier alpha value is 0.354. The number of rotatable bonds is 9. The summed E-state index contributed by atoms with van der Waals surface area (Å²) in [4.78, 5) is 0. The molecule has 0 heterocycles. The summed E-state index contributed by atoms with van der Waals surface area (Å²) in [7, 11) is -3.12. The average molecular weight is 549 g/mol. The Kier molecular flexibility index (Phi) is 8.99. The molecular formula is C33H64O2Si2. The number of fused-ring (bicyclic) bond motifs is 5. The molecule has 0 aromatic heterocycles. The minimum Gasteiger partial charge on any atom is -0.415 e. The van der Waals surface area contributed by atoms with Gasteiger partial charge in [-0.1, -0.05) is 53.9 Å². The molecule has 4 saturated carbocycles. The van der Waals surface area contributed by atoms with Crippen LogP contribution in [0.15, 0.2) is 0 Å². The van der Waals surface area contributed by atoms with E-state index in [1.165, 1.54) is 70.6 Å². The summed E-state index contributed by atoms with van der Waals surface area (Å²) in [6.07, 6.45) is 16.3. The molecule has 37 heavy (non-hydrogen) atoms. The van der Waals surface area contributed by atoms with E-state index in [1.807, 2.05) is 0 Å². The highest BCUT2D eigenvalue weighted by molar-refractivity contribution is 6.70. The van der Waals surface area contributed by atoms with E-state index < -0.39 is 16.6 Å². The monoisotopic (exact) mass is 548 g/mol. The predicted octanol–water partition coefficient (Wildman–Crippen LogP) is 10.2. The maximum absolute atomic E-state index is 7.23. The molecule has 0 amide bonds. The van der Waals surface area contributed by atoms with Crippen LogP contribution in [0.4, 0.5) is 0 Å². The molecule has 0 bridgehead atoms. The first-order chi connectivity index (χ1) is 17.0. The first-order valence-electron chi connectivity index (χ1n) is 16.4. The van der Waals surface area contributed by atoms with Crippen LogP contribution in [0.3, 0.4) is 0 Å². The number of hydrogen-bond acceptors (Lipinski definition) is 2. The predicted molar refractivity (Wildman–Crippen MR) is 165 cm³/mol. The second-order valence-corrected chi connectivity index (χ2v) is 26.1. The van der Waals surface area contributed by atoms with Gasteiger partial charge in [-0.2, -0.15) is 0 Å². The van der Waals surface area contributed by atoms with Gasteiger partial charge in [0.2, 0.25) is 0 Å². The van der Waals surface area contributed by atoms with E-state index in [9.17, 15) is 0 Å². The molecule has 2 nitrogen and oxygen atoms in total. The van der Waals surface area contributed by atoms with Gasteiger partial charge in [-0.15, -0.1) is 0 Å². The zero-order chi connectivity index (χ0) is 27.4. The maximum atomic E-state index is 7.23. The Labute approximate surface area is 234 Å². The molecule has 0 spiro atoms. The Morgan fingerprint density at radius 1 is 0.730 bits per heavy atom. The van der Waals surface area contributed by atoms with E-state index in [-0.39, 0.29) is 0 Å². The molecule has 4 fully saturated rings. The fourth-order valence-electron chi connectivity index (χ4n) is 10.4. The van der Waals surface area contributed by atoms with Gasteiger partial charge in [-0.25, -0.2) is 0 Å². The molecule has 0 saturated heterocycles. The van der Waals surface area contributed by atoms with Crippen molar-refractivity contribution in [1.29, 1.82) is 0 Å². The first-order valence-corrected chi connectivity index (χ1v) is 23.2. The molecular weight excluding hydrogens is 485 g/mol. The Morgan fingerprint density at radius 2 is 1.35 bits per heavy atom. The van der Waals surface area contributed by atoms with Crippen molar-refractivity contribution in [2.24, 2.45) is 52.3 Å². The van der Waals surface area contributed by atoms with Gasteiger partial charge < -0.3 is 8.85 Å². The van der Waals surface area contributed by atoms with Crippen molar-refractivity contribution in [3.63, 3.8) is 0 Å². The van der Waals surface area contributed by atoms with Gasteiger partial charge in [0.1, 0.15) is 0 Å². The van der Waals surface area contributed by atoms with Crippen molar-refractivity contribution < 1.29 is 8.85 Å². The van der Waals surface area contributed by atoms with E-state index in [4.69, 9.17) is 8.85 Å². The smallest absolute Gasteiger partial charge is 0.184 e. The topological polar surface area (TPSA) is 18.5 Å². The molecule has 0 aliphatic heterocycles. The van der Waals surface area contributed by atoms with E-state index in [0.717, 1.165) is 41.4 Å². The molecule has 4 rings (SSSR count). The lowest BCUT2D eigenvalue weighted by Gasteiger charge is -2.64. The molecule has 0 radical (unpaired) electrons. The van der Waals surface area contributed by atoms with Gasteiger partial charge in [0, 0.05) is 12.2 Å². The van der Waals surface area contributed by atoms with Gasteiger partial charge >= 0.3 is 0 Å². The van der Waals surface area contributed by atoms with Gasteiger partial charge in [-0.3, -0.25) is 0 Å². The molecule has 4 aliphatic rings. The Bertz CT molecular complexity index is 769. The summed E-state index contributed by atoms with van der Waals surface area (Å²) in [6, 6.07) is 0. The molecule has 0 aromatic carbocycles. The molecule has 4 heteroatoms.